The Hall–Kier alpha value is -1.74. The number of primary sulfonamides is 1. The molecule has 0 radical (unpaired) electrons. The summed E-state index contributed by atoms with van der Waals surface area (Å²) < 4.78 is 28.6. The van der Waals surface area contributed by atoms with Gasteiger partial charge in [-0.2, -0.15) is 0 Å². The van der Waals surface area contributed by atoms with Crippen LogP contribution in [0.15, 0.2) is 12.4 Å². The molecule has 0 aliphatic heterocycles. The van der Waals surface area contributed by atoms with Gasteiger partial charge in [0, 0.05) is 5.56 Å². The second kappa shape index (κ2) is 5.71. The van der Waals surface area contributed by atoms with Crippen molar-refractivity contribution in [3.8, 4) is 5.88 Å². The quantitative estimate of drug-likeness (QED) is 0.768. The Morgan fingerprint density at radius 1 is 1.45 bits per heavy atom. The highest BCUT2D eigenvalue weighted by Crippen LogP contribution is 2.24. The first-order valence-corrected chi connectivity index (χ1v) is 7.92. The van der Waals surface area contributed by atoms with Gasteiger partial charge in [-0.15, -0.1) is 14.8 Å². The molecular weight excluding hydrogens is 282 g/mol. The van der Waals surface area contributed by atoms with E-state index in [2.05, 4.69) is 15.2 Å². The maximum Gasteiger partial charge on any atom is 0.237 e. The van der Waals surface area contributed by atoms with E-state index >= 15 is 0 Å². The molecule has 8 nitrogen and oxygen atoms in total. The molecule has 0 bridgehead atoms. The standard InChI is InChI=1S/C11H17N5O3S/c1-8(2)9-6-10-13-7-14-16(10)15-11(9)19-4-3-5-20(12,17)18/h6-8H,3-5H2,1-2H3,(H2,12,17,18). The molecule has 2 rings (SSSR count). The molecule has 0 aliphatic carbocycles. The van der Waals surface area contributed by atoms with Crippen LogP contribution in [0.25, 0.3) is 5.65 Å². The van der Waals surface area contributed by atoms with Gasteiger partial charge in [0.1, 0.15) is 6.33 Å². The maximum absolute atomic E-state index is 10.8. The van der Waals surface area contributed by atoms with Crippen molar-refractivity contribution < 1.29 is 13.2 Å². The number of hydrogen-bond donors (Lipinski definition) is 1. The fraction of sp³-hybridized carbons (Fsp3) is 0.545. The molecule has 2 heterocycles. The summed E-state index contributed by atoms with van der Waals surface area (Å²) in [4.78, 5) is 4.07. The van der Waals surface area contributed by atoms with Gasteiger partial charge in [0.15, 0.2) is 5.65 Å². The highest BCUT2D eigenvalue weighted by molar-refractivity contribution is 7.89. The second-order valence-electron chi connectivity index (χ2n) is 4.74. The first-order chi connectivity index (χ1) is 9.37. The molecule has 0 aromatic carbocycles. The normalized spacial score (nSPS) is 12.2. The third-order valence-electron chi connectivity index (χ3n) is 2.71. The van der Waals surface area contributed by atoms with Crippen molar-refractivity contribution in [2.75, 3.05) is 12.4 Å². The highest BCUT2D eigenvalue weighted by Gasteiger charge is 2.13. The van der Waals surface area contributed by atoms with Crippen LogP contribution in [0.2, 0.25) is 0 Å². The molecular formula is C11H17N5O3S. The van der Waals surface area contributed by atoms with Crippen LogP contribution in [-0.4, -0.2) is 40.6 Å². The number of ether oxygens (including phenoxy) is 1. The summed E-state index contributed by atoms with van der Waals surface area (Å²) in [6.45, 7) is 4.26. The lowest BCUT2D eigenvalue weighted by atomic mass is 10.1. The predicted octanol–water partition coefficient (Wildman–Crippen LogP) is 0.305. The molecule has 110 valence electrons. The summed E-state index contributed by atoms with van der Waals surface area (Å²) in [5.41, 5.74) is 1.55. The summed E-state index contributed by atoms with van der Waals surface area (Å²) >= 11 is 0. The zero-order valence-corrected chi connectivity index (χ0v) is 12.2. The first-order valence-electron chi connectivity index (χ1n) is 6.21. The molecule has 0 fully saturated rings. The van der Waals surface area contributed by atoms with Crippen LogP contribution in [-0.2, 0) is 10.0 Å². The van der Waals surface area contributed by atoms with Gasteiger partial charge in [0.25, 0.3) is 0 Å². The summed E-state index contributed by atoms with van der Waals surface area (Å²) in [5, 5.41) is 13.1. The molecule has 0 unspecified atom stereocenters. The van der Waals surface area contributed by atoms with Gasteiger partial charge in [0.2, 0.25) is 15.9 Å². The largest absolute Gasteiger partial charge is 0.476 e. The fourth-order valence-corrected chi connectivity index (χ4v) is 2.24. The molecule has 9 heteroatoms. The van der Waals surface area contributed by atoms with E-state index in [0.717, 1.165) is 5.56 Å². The van der Waals surface area contributed by atoms with E-state index in [9.17, 15) is 8.42 Å². The minimum Gasteiger partial charge on any atom is -0.476 e. The highest BCUT2D eigenvalue weighted by atomic mass is 32.2. The van der Waals surface area contributed by atoms with Gasteiger partial charge in [-0.3, -0.25) is 0 Å². The third-order valence-corrected chi connectivity index (χ3v) is 3.56. The Bertz CT molecular complexity index is 695. The molecule has 0 aliphatic rings. The van der Waals surface area contributed by atoms with Crippen LogP contribution in [0, 0.1) is 0 Å². The van der Waals surface area contributed by atoms with Gasteiger partial charge in [-0.25, -0.2) is 18.5 Å². The van der Waals surface area contributed by atoms with E-state index in [1.54, 1.807) is 0 Å². The number of sulfonamides is 1. The Labute approximate surface area is 117 Å². The van der Waals surface area contributed by atoms with E-state index in [0.29, 0.717) is 17.9 Å². The smallest absolute Gasteiger partial charge is 0.237 e. The average Bonchev–Trinajstić information content (AvgIpc) is 2.79. The minimum absolute atomic E-state index is 0.115. The SMILES string of the molecule is CC(C)c1cc2ncnn2nc1OCCCS(N)(=O)=O. The number of rotatable bonds is 6. The number of fused-ring (bicyclic) bond motifs is 1. The van der Waals surface area contributed by atoms with E-state index in [1.807, 2.05) is 19.9 Å². The lowest BCUT2D eigenvalue weighted by Gasteiger charge is -2.12. The van der Waals surface area contributed by atoms with Crippen molar-refractivity contribution in [3.05, 3.63) is 18.0 Å². The van der Waals surface area contributed by atoms with Crippen molar-refractivity contribution in [2.24, 2.45) is 5.14 Å². The fourth-order valence-electron chi connectivity index (χ4n) is 1.72. The van der Waals surface area contributed by atoms with Crippen LogP contribution in [0.1, 0.15) is 31.7 Å². The molecule has 2 N–H and O–H groups in total. The van der Waals surface area contributed by atoms with Crippen molar-refractivity contribution in [1.82, 2.24) is 19.8 Å². The number of nitrogens with two attached hydrogens (primary N) is 1. The Morgan fingerprint density at radius 3 is 2.85 bits per heavy atom. The average molecular weight is 299 g/mol. The lowest BCUT2D eigenvalue weighted by Crippen LogP contribution is -2.18. The number of aromatic nitrogens is 4. The monoisotopic (exact) mass is 299 g/mol. The third kappa shape index (κ3) is 3.64. The Kier molecular flexibility index (Phi) is 4.19. The number of hydrogen-bond acceptors (Lipinski definition) is 6. The maximum atomic E-state index is 10.8. The van der Waals surface area contributed by atoms with Gasteiger partial charge in [-0.05, 0) is 18.4 Å². The van der Waals surface area contributed by atoms with Gasteiger partial charge < -0.3 is 4.74 Å². The lowest BCUT2D eigenvalue weighted by molar-refractivity contribution is 0.294. The van der Waals surface area contributed by atoms with E-state index < -0.39 is 10.0 Å². The summed E-state index contributed by atoms with van der Waals surface area (Å²) in [7, 11) is -3.46. The molecule has 0 spiro atoms. The summed E-state index contributed by atoms with van der Waals surface area (Å²) in [5.74, 6) is 0.528. The van der Waals surface area contributed by atoms with Crippen LogP contribution in [0.4, 0.5) is 0 Å². The van der Waals surface area contributed by atoms with Crippen molar-refractivity contribution in [1.29, 1.82) is 0 Å². The van der Waals surface area contributed by atoms with Crippen LogP contribution in [0.3, 0.4) is 0 Å². The Morgan fingerprint density at radius 2 is 2.20 bits per heavy atom. The van der Waals surface area contributed by atoms with E-state index in [1.165, 1.54) is 11.0 Å². The van der Waals surface area contributed by atoms with Crippen molar-refractivity contribution in [2.45, 2.75) is 26.2 Å². The predicted molar refractivity (Wildman–Crippen MR) is 73.0 cm³/mol. The zero-order valence-electron chi connectivity index (χ0n) is 11.4. The molecule has 0 saturated carbocycles. The van der Waals surface area contributed by atoms with Gasteiger partial charge >= 0.3 is 0 Å². The van der Waals surface area contributed by atoms with Crippen molar-refractivity contribution in [3.63, 3.8) is 0 Å². The van der Waals surface area contributed by atoms with Crippen LogP contribution < -0.4 is 9.88 Å². The van der Waals surface area contributed by atoms with Crippen LogP contribution >= 0.6 is 0 Å². The van der Waals surface area contributed by atoms with Crippen molar-refractivity contribution >= 4 is 15.7 Å². The second-order valence-corrected chi connectivity index (χ2v) is 6.47. The molecule has 2 aromatic rings. The van der Waals surface area contributed by atoms with E-state index in [4.69, 9.17) is 9.88 Å². The molecule has 0 amide bonds. The zero-order chi connectivity index (χ0) is 14.8. The van der Waals surface area contributed by atoms with Gasteiger partial charge in [-0.1, -0.05) is 13.8 Å². The molecule has 20 heavy (non-hydrogen) atoms. The molecule has 2 aromatic heterocycles. The minimum atomic E-state index is -3.46. The number of nitrogens with zero attached hydrogens (tertiary/aromatic N) is 4. The summed E-state index contributed by atoms with van der Waals surface area (Å²) in [6, 6.07) is 1.86. The first kappa shape index (κ1) is 14.7. The van der Waals surface area contributed by atoms with Crippen LogP contribution in [0.5, 0.6) is 5.88 Å². The van der Waals surface area contributed by atoms with Gasteiger partial charge in [0.05, 0.1) is 12.4 Å². The summed E-state index contributed by atoms with van der Waals surface area (Å²) in [6.07, 6.45) is 1.73. The molecule has 0 saturated heterocycles. The molecule has 0 atom stereocenters. The topological polar surface area (TPSA) is 112 Å². The Balaban J connectivity index is 2.13. The van der Waals surface area contributed by atoms with E-state index in [-0.39, 0.29) is 18.3 Å².